The minimum absolute atomic E-state index is 0.0191. The fraction of sp³-hybridized carbons (Fsp3) is 0.158. The van der Waals surface area contributed by atoms with Gasteiger partial charge in [-0.15, -0.1) is 0 Å². The summed E-state index contributed by atoms with van der Waals surface area (Å²) in [6.07, 6.45) is 1.48. The van der Waals surface area contributed by atoms with Gasteiger partial charge < -0.3 is 8.92 Å². The third-order valence-corrected chi connectivity index (χ3v) is 6.40. The van der Waals surface area contributed by atoms with Crippen molar-refractivity contribution in [3.05, 3.63) is 63.0 Å². The molecule has 1 aliphatic heterocycles. The summed E-state index contributed by atoms with van der Waals surface area (Å²) in [6, 6.07) is 8.98. The molecule has 1 saturated heterocycles. The van der Waals surface area contributed by atoms with E-state index in [1.165, 1.54) is 43.5 Å². The van der Waals surface area contributed by atoms with Gasteiger partial charge in [0.1, 0.15) is 0 Å². The number of nitro benzene ring substituents is 1. The average Bonchev–Trinajstić information content (AvgIpc) is 3.01. The van der Waals surface area contributed by atoms with Crippen molar-refractivity contribution in [3.63, 3.8) is 0 Å². The standard InChI is InChI=1S/C19H16N2O8S2/c1-3-20-18(22)16(30-19(20)23)11-12-8-9-14(15(10-12)28-2)29-31(26,27)17-7-5-4-6-13(17)21(24)25/h4-11H,3H2,1-2H3/b16-11-. The molecule has 1 aliphatic rings. The number of hydrogen-bond acceptors (Lipinski definition) is 9. The molecule has 0 bridgehead atoms. The van der Waals surface area contributed by atoms with Crippen LogP contribution >= 0.6 is 11.8 Å². The summed E-state index contributed by atoms with van der Waals surface area (Å²) in [5, 5.41) is 10.8. The second-order valence-electron chi connectivity index (χ2n) is 6.10. The van der Waals surface area contributed by atoms with Gasteiger partial charge in [0.05, 0.1) is 16.9 Å². The number of ether oxygens (including phenoxy) is 1. The summed E-state index contributed by atoms with van der Waals surface area (Å²) < 4.78 is 35.5. The molecule has 2 aromatic carbocycles. The van der Waals surface area contributed by atoms with Gasteiger partial charge in [-0.05, 0) is 48.5 Å². The number of imide groups is 1. The third kappa shape index (κ3) is 4.54. The van der Waals surface area contributed by atoms with Crippen LogP contribution in [0.4, 0.5) is 10.5 Å². The van der Waals surface area contributed by atoms with E-state index in [4.69, 9.17) is 8.92 Å². The Labute approximate surface area is 181 Å². The number of benzene rings is 2. The molecule has 162 valence electrons. The van der Waals surface area contributed by atoms with E-state index >= 15 is 0 Å². The summed E-state index contributed by atoms with van der Waals surface area (Å²) in [6.45, 7) is 1.94. The van der Waals surface area contributed by atoms with Crippen molar-refractivity contribution < 1.29 is 31.9 Å². The Morgan fingerprint density at radius 3 is 2.48 bits per heavy atom. The topological polar surface area (TPSA) is 133 Å². The zero-order chi connectivity index (χ0) is 22.8. The highest BCUT2D eigenvalue weighted by Crippen LogP contribution is 2.36. The first kappa shape index (κ1) is 22.3. The highest BCUT2D eigenvalue weighted by Gasteiger charge is 2.34. The summed E-state index contributed by atoms with van der Waals surface area (Å²) in [5.74, 6) is -0.596. The highest BCUT2D eigenvalue weighted by atomic mass is 32.2. The number of likely N-dealkylation sites (N-methyl/N-ethyl adjacent to an activating group) is 1. The van der Waals surface area contributed by atoms with Crippen molar-refractivity contribution in [2.45, 2.75) is 11.8 Å². The second-order valence-corrected chi connectivity index (χ2v) is 8.61. The van der Waals surface area contributed by atoms with Crippen molar-refractivity contribution in [1.29, 1.82) is 0 Å². The van der Waals surface area contributed by atoms with Gasteiger partial charge in [0.15, 0.2) is 16.4 Å². The number of carbonyl (C=O) groups is 2. The zero-order valence-electron chi connectivity index (χ0n) is 16.3. The van der Waals surface area contributed by atoms with Crippen molar-refractivity contribution in [1.82, 2.24) is 4.90 Å². The second kappa shape index (κ2) is 8.78. The lowest BCUT2D eigenvalue weighted by Crippen LogP contribution is -2.27. The molecule has 2 amide bonds. The maximum Gasteiger partial charge on any atom is 0.346 e. The van der Waals surface area contributed by atoms with Crippen LogP contribution < -0.4 is 8.92 Å². The van der Waals surface area contributed by atoms with Gasteiger partial charge in [0.2, 0.25) is 0 Å². The Hall–Kier alpha value is -3.38. The molecule has 0 N–H and O–H groups in total. The molecule has 0 saturated carbocycles. The fourth-order valence-corrected chi connectivity index (χ4v) is 4.76. The molecule has 1 fully saturated rings. The Balaban J connectivity index is 1.93. The Morgan fingerprint density at radius 1 is 1.16 bits per heavy atom. The van der Waals surface area contributed by atoms with Crippen LogP contribution in [-0.4, -0.2) is 43.0 Å². The number of methoxy groups -OCH3 is 1. The van der Waals surface area contributed by atoms with Gasteiger partial charge in [0.25, 0.3) is 16.8 Å². The smallest absolute Gasteiger partial charge is 0.346 e. The van der Waals surface area contributed by atoms with E-state index in [-0.39, 0.29) is 28.2 Å². The molecule has 0 atom stereocenters. The predicted molar refractivity (Wildman–Crippen MR) is 112 cm³/mol. The third-order valence-electron chi connectivity index (χ3n) is 4.21. The maximum absolute atomic E-state index is 12.6. The zero-order valence-corrected chi connectivity index (χ0v) is 17.9. The molecule has 31 heavy (non-hydrogen) atoms. The quantitative estimate of drug-likeness (QED) is 0.261. The van der Waals surface area contributed by atoms with Crippen LogP contribution in [0.15, 0.2) is 52.3 Å². The van der Waals surface area contributed by atoms with Gasteiger partial charge in [0, 0.05) is 12.6 Å². The van der Waals surface area contributed by atoms with Crippen LogP contribution in [-0.2, 0) is 14.9 Å². The Morgan fingerprint density at radius 2 is 1.87 bits per heavy atom. The lowest BCUT2D eigenvalue weighted by Gasteiger charge is -2.11. The van der Waals surface area contributed by atoms with Crippen LogP contribution in [0.2, 0.25) is 0 Å². The summed E-state index contributed by atoms with van der Waals surface area (Å²) >= 11 is 0.797. The van der Waals surface area contributed by atoms with E-state index < -0.39 is 31.5 Å². The molecule has 12 heteroatoms. The number of carbonyl (C=O) groups excluding carboxylic acids is 2. The molecule has 3 rings (SSSR count). The minimum Gasteiger partial charge on any atom is -0.493 e. The highest BCUT2D eigenvalue weighted by molar-refractivity contribution is 8.18. The van der Waals surface area contributed by atoms with Gasteiger partial charge >= 0.3 is 10.1 Å². The average molecular weight is 464 g/mol. The molecular weight excluding hydrogens is 448 g/mol. The van der Waals surface area contributed by atoms with E-state index in [0.29, 0.717) is 5.56 Å². The first-order valence-corrected chi connectivity index (χ1v) is 11.0. The van der Waals surface area contributed by atoms with Crippen LogP contribution in [0.5, 0.6) is 11.5 Å². The summed E-state index contributed by atoms with van der Waals surface area (Å²) in [7, 11) is -3.24. The van der Waals surface area contributed by atoms with Crippen molar-refractivity contribution in [3.8, 4) is 11.5 Å². The number of para-hydroxylation sites is 1. The van der Waals surface area contributed by atoms with Crippen LogP contribution in [0.1, 0.15) is 12.5 Å². The minimum atomic E-state index is -4.53. The molecule has 0 aromatic heterocycles. The van der Waals surface area contributed by atoms with E-state index in [1.54, 1.807) is 6.92 Å². The molecule has 0 aliphatic carbocycles. The first-order chi connectivity index (χ1) is 14.7. The molecule has 0 spiro atoms. The van der Waals surface area contributed by atoms with Gasteiger partial charge in [-0.1, -0.05) is 18.2 Å². The maximum atomic E-state index is 12.6. The normalized spacial score (nSPS) is 15.4. The first-order valence-electron chi connectivity index (χ1n) is 8.79. The van der Waals surface area contributed by atoms with Gasteiger partial charge in [-0.25, -0.2) is 0 Å². The Kier molecular flexibility index (Phi) is 6.32. The lowest BCUT2D eigenvalue weighted by molar-refractivity contribution is -0.387. The fourth-order valence-electron chi connectivity index (χ4n) is 2.75. The molecule has 2 aromatic rings. The SMILES string of the molecule is CCN1C(=O)S/C(=C\c2ccc(OS(=O)(=O)c3ccccc3[N+](=O)[O-])c(OC)c2)C1=O. The largest absolute Gasteiger partial charge is 0.493 e. The predicted octanol–water partition coefficient (Wildman–Crippen LogP) is 3.43. The lowest BCUT2D eigenvalue weighted by atomic mass is 10.2. The van der Waals surface area contributed by atoms with Crippen LogP contribution in [0.25, 0.3) is 6.08 Å². The van der Waals surface area contributed by atoms with Gasteiger partial charge in [-0.2, -0.15) is 8.42 Å². The number of rotatable bonds is 7. The number of thioether (sulfide) groups is 1. The molecule has 10 nitrogen and oxygen atoms in total. The number of hydrogen-bond donors (Lipinski definition) is 0. The summed E-state index contributed by atoms with van der Waals surface area (Å²) in [5.41, 5.74) is -0.154. The van der Waals surface area contributed by atoms with Crippen molar-refractivity contribution >= 4 is 44.8 Å². The van der Waals surface area contributed by atoms with Crippen molar-refractivity contribution in [2.24, 2.45) is 0 Å². The molecular formula is C19H16N2O8S2. The number of nitrogens with zero attached hydrogens (tertiary/aromatic N) is 2. The van der Waals surface area contributed by atoms with Crippen molar-refractivity contribution in [2.75, 3.05) is 13.7 Å². The van der Waals surface area contributed by atoms with E-state index in [2.05, 4.69) is 0 Å². The molecule has 0 radical (unpaired) electrons. The van der Waals surface area contributed by atoms with E-state index in [0.717, 1.165) is 28.8 Å². The van der Waals surface area contributed by atoms with E-state index in [9.17, 15) is 28.1 Å². The van der Waals surface area contributed by atoms with Crippen LogP contribution in [0, 0.1) is 10.1 Å². The molecule has 1 heterocycles. The van der Waals surface area contributed by atoms with E-state index in [1.807, 2.05) is 0 Å². The Bertz CT molecular complexity index is 1210. The number of nitro groups is 1. The molecule has 0 unspecified atom stereocenters. The number of amides is 2. The van der Waals surface area contributed by atoms with Gasteiger partial charge in [-0.3, -0.25) is 24.6 Å². The monoisotopic (exact) mass is 464 g/mol. The summed E-state index contributed by atoms with van der Waals surface area (Å²) in [4.78, 5) is 35.1. The van der Waals surface area contributed by atoms with Crippen LogP contribution in [0.3, 0.4) is 0 Å².